The van der Waals surface area contributed by atoms with Crippen LogP contribution in [0.15, 0.2) is 0 Å². The molecular formula is C8H32N4Ni3S4+4. The summed E-state index contributed by atoms with van der Waals surface area (Å²) < 4.78 is 0. The van der Waals surface area contributed by atoms with E-state index in [1.165, 1.54) is 0 Å². The van der Waals surface area contributed by atoms with Gasteiger partial charge in [0.2, 0.25) is 0 Å². The van der Waals surface area contributed by atoms with Gasteiger partial charge in [0, 0.05) is 75.7 Å². The smallest absolute Gasteiger partial charge is 0.115 e. The molecule has 0 bridgehead atoms. The van der Waals surface area contributed by atoms with Crippen molar-refractivity contribution < 1.29 is 49.5 Å². The van der Waals surface area contributed by atoms with Crippen LogP contribution in [0.2, 0.25) is 0 Å². The van der Waals surface area contributed by atoms with Crippen molar-refractivity contribution in [1.29, 1.82) is 0 Å². The van der Waals surface area contributed by atoms with E-state index < -0.39 is 0 Å². The summed E-state index contributed by atoms with van der Waals surface area (Å²) in [6, 6.07) is 0. The summed E-state index contributed by atoms with van der Waals surface area (Å²) in [5.41, 5.74) is 19.9. The maximum Gasteiger partial charge on any atom is 0.115 e. The molecular weight excluding hydrogens is 456 g/mol. The monoisotopic (exact) mass is 486 g/mol. The predicted molar refractivity (Wildman–Crippen MR) is 96.3 cm³/mol. The van der Waals surface area contributed by atoms with Crippen molar-refractivity contribution in [2.45, 2.75) is 0 Å². The second kappa shape index (κ2) is 70.1. The summed E-state index contributed by atoms with van der Waals surface area (Å²) in [6.07, 6.45) is 0. The first-order valence-electron chi connectivity index (χ1n) is 5.05. The molecule has 134 valence electrons. The Morgan fingerprint density at radius 3 is 0.474 bits per heavy atom. The van der Waals surface area contributed by atoms with Crippen LogP contribution in [0, 0.1) is 0 Å². The van der Waals surface area contributed by atoms with Crippen molar-refractivity contribution >= 4 is 50.5 Å². The Morgan fingerprint density at radius 2 is 0.474 bits per heavy atom. The van der Waals surface area contributed by atoms with Crippen LogP contribution in [-0.4, -0.2) is 49.2 Å². The van der Waals surface area contributed by atoms with Gasteiger partial charge < -0.3 is 22.9 Å². The van der Waals surface area contributed by atoms with Crippen LogP contribution in [0.1, 0.15) is 0 Å². The summed E-state index contributed by atoms with van der Waals surface area (Å²) >= 11 is 12.7. The Hall–Kier alpha value is 2.72. The van der Waals surface area contributed by atoms with Gasteiger partial charge in [0.05, 0.1) is 0 Å². The molecule has 0 saturated carbocycles. The molecule has 4 nitrogen and oxygen atoms in total. The van der Waals surface area contributed by atoms with Gasteiger partial charge in [-0.25, -0.2) is 0 Å². The molecule has 0 aromatic carbocycles. The first-order valence-corrected chi connectivity index (χ1v) is 7.88. The molecule has 0 unspecified atom stereocenters. The van der Waals surface area contributed by atoms with Crippen LogP contribution in [0.5, 0.6) is 0 Å². The van der Waals surface area contributed by atoms with E-state index in [0.29, 0.717) is 0 Å². The van der Waals surface area contributed by atoms with Gasteiger partial charge in [0.15, 0.2) is 0 Å². The van der Waals surface area contributed by atoms with Crippen LogP contribution in [0.4, 0.5) is 0 Å². The van der Waals surface area contributed by atoms with Gasteiger partial charge in [0.25, 0.3) is 0 Å². The molecule has 11 heteroatoms. The summed E-state index contributed by atoms with van der Waals surface area (Å²) in [5.74, 6) is 3.61. The van der Waals surface area contributed by atoms with E-state index >= 15 is 0 Å². The molecule has 0 aliphatic heterocycles. The van der Waals surface area contributed by atoms with Crippen molar-refractivity contribution in [2.75, 3.05) is 49.2 Å². The Morgan fingerprint density at radius 1 is 0.421 bits per heavy atom. The summed E-state index contributed by atoms with van der Waals surface area (Å²) in [7, 11) is 0. The number of hydrogen-bond donors (Lipinski definition) is 4. The third-order valence-corrected chi connectivity index (χ3v) is 1.73. The average Bonchev–Trinajstić information content (AvgIpc) is 2.39. The Bertz CT molecular complexity index is 60.0. The standard InChI is InChI=1S/4C2H7NS.3Ni/c4*3-1-2-4;;;/h4*4H,1-3H2;;;/p+4. The molecule has 0 radical (unpaired) electrons. The predicted octanol–water partition coefficient (Wildman–Crippen LogP) is -4.18. The second-order valence-corrected chi connectivity index (χ2v) is 4.15. The van der Waals surface area contributed by atoms with E-state index in [9.17, 15) is 0 Å². The van der Waals surface area contributed by atoms with Gasteiger partial charge in [-0.3, -0.25) is 0 Å². The summed E-state index contributed by atoms with van der Waals surface area (Å²) in [5, 5.41) is 0. The first-order chi connectivity index (χ1) is 7.66. The molecule has 19 heavy (non-hydrogen) atoms. The van der Waals surface area contributed by atoms with Gasteiger partial charge in [-0.15, -0.1) is 0 Å². The van der Waals surface area contributed by atoms with Crippen molar-refractivity contribution in [3.8, 4) is 0 Å². The molecule has 8 N–H and O–H groups in total. The van der Waals surface area contributed by atoms with E-state index in [1.807, 2.05) is 0 Å². The zero-order chi connectivity index (χ0) is 13.7. The fraction of sp³-hybridized carbons (Fsp3) is 1.00. The molecule has 0 aliphatic rings. The Labute approximate surface area is 170 Å². The first kappa shape index (κ1) is 43.0. The zero-order valence-corrected chi connectivity index (χ0v) is 17.9. The molecule has 0 aliphatic carbocycles. The van der Waals surface area contributed by atoms with E-state index in [1.54, 1.807) is 0 Å². The third-order valence-electron chi connectivity index (χ3n) is 0.577. The van der Waals surface area contributed by atoms with Crippen molar-refractivity contribution in [3.05, 3.63) is 0 Å². The average molecular weight is 489 g/mol. The molecule has 0 amide bonds. The van der Waals surface area contributed by atoms with Gasteiger partial charge >= 0.3 is 0 Å². The van der Waals surface area contributed by atoms with Gasteiger partial charge in [-0.05, 0) is 50.5 Å². The minimum absolute atomic E-state index is 0. The minimum Gasteiger partial charge on any atom is -0.326 e. The molecule has 0 spiro atoms. The van der Waals surface area contributed by atoms with Crippen LogP contribution in [0.3, 0.4) is 0 Å². The molecule has 0 aromatic heterocycles. The van der Waals surface area contributed by atoms with Gasteiger partial charge in [0.1, 0.15) is 23.0 Å². The summed E-state index contributed by atoms with van der Waals surface area (Å²) in [4.78, 5) is 0. The second-order valence-electron chi connectivity index (χ2n) is 2.15. The molecule has 0 fully saturated rings. The molecule has 0 aromatic rings. The number of hydrogen-bond acceptors (Lipinski definition) is 4. The molecule has 0 atom stereocenters. The van der Waals surface area contributed by atoms with E-state index in [-0.39, 0.29) is 49.5 Å². The quantitative estimate of drug-likeness (QED) is 0.238. The SMILES string of the molecule is NCC[SH2+].NCC[SH2+].NCC[SH2+].NCC[SH2+].[Ni].[Ni].[Ni]. The van der Waals surface area contributed by atoms with E-state index in [0.717, 1.165) is 49.2 Å². The normalized spacial score (nSPS) is 6.32. The molecule has 0 heterocycles. The van der Waals surface area contributed by atoms with Gasteiger partial charge in [-0.2, -0.15) is 0 Å². The fourth-order valence-corrected chi connectivity index (χ4v) is 0. The zero-order valence-electron chi connectivity index (χ0n) is 10.9. The van der Waals surface area contributed by atoms with E-state index in [4.69, 9.17) is 22.9 Å². The third kappa shape index (κ3) is 161. The topological polar surface area (TPSA) is 104 Å². The van der Waals surface area contributed by atoms with Crippen LogP contribution < -0.4 is 22.9 Å². The fourth-order valence-electron chi connectivity index (χ4n) is 0. The largest absolute Gasteiger partial charge is 0.326 e. The summed E-state index contributed by atoms with van der Waals surface area (Å²) in [6.45, 7) is 2.93. The molecule has 0 saturated heterocycles. The number of rotatable bonds is 4. The van der Waals surface area contributed by atoms with Crippen LogP contribution in [0.25, 0.3) is 0 Å². The van der Waals surface area contributed by atoms with Crippen molar-refractivity contribution in [2.24, 2.45) is 22.9 Å². The maximum atomic E-state index is 4.98. The number of nitrogens with two attached hydrogens (primary N) is 4. The van der Waals surface area contributed by atoms with Crippen LogP contribution >= 0.6 is 0 Å². The Kier molecular flexibility index (Phi) is 159. The molecule has 0 rings (SSSR count). The van der Waals surface area contributed by atoms with E-state index in [2.05, 4.69) is 50.5 Å². The van der Waals surface area contributed by atoms with Crippen LogP contribution in [-0.2, 0) is 100.0 Å². The van der Waals surface area contributed by atoms with Gasteiger partial charge in [-0.1, -0.05) is 0 Å². The minimum atomic E-state index is 0. The Balaban J connectivity index is -0.0000000192. The van der Waals surface area contributed by atoms with Crippen molar-refractivity contribution in [1.82, 2.24) is 0 Å². The maximum absolute atomic E-state index is 4.98. The van der Waals surface area contributed by atoms with Crippen molar-refractivity contribution in [3.63, 3.8) is 0 Å².